The number of hydrogen-bond acceptors (Lipinski definition) is 2. The van der Waals surface area contributed by atoms with Gasteiger partial charge in [-0.15, -0.1) is 0 Å². The van der Waals surface area contributed by atoms with Crippen molar-refractivity contribution in [1.29, 1.82) is 5.26 Å². The summed E-state index contributed by atoms with van der Waals surface area (Å²) in [6.07, 6.45) is 2.06. The molecule has 1 aliphatic carbocycles. The summed E-state index contributed by atoms with van der Waals surface area (Å²) in [7, 11) is 0. The van der Waals surface area contributed by atoms with Gasteiger partial charge in [0.05, 0.1) is 12.0 Å². The number of carboxylic acids is 1. The fraction of sp³-hybridized carbons (Fsp3) is 0.714. The Hall–Kier alpha value is -1.04. The van der Waals surface area contributed by atoms with Crippen LogP contribution in [0.3, 0.4) is 0 Å². The number of carbonyl (C=O) groups is 1. The van der Waals surface area contributed by atoms with Crippen molar-refractivity contribution in [3.63, 3.8) is 0 Å². The maximum atomic E-state index is 10.4. The smallest absolute Gasteiger partial charge is 0.306 e. The molecule has 0 amide bonds. The van der Waals surface area contributed by atoms with Crippen LogP contribution in [0.2, 0.25) is 0 Å². The van der Waals surface area contributed by atoms with Crippen LogP contribution >= 0.6 is 0 Å². The van der Waals surface area contributed by atoms with Gasteiger partial charge in [-0.05, 0) is 18.8 Å². The molecule has 0 aliphatic heterocycles. The summed E-state index contributed by atoms with van der Waals surface area (Å²) in [5.74, 6) is -0.853. The molecule has 1 rings (SSSR count). The molecule has 0 aromatic rings. The summed E-state index contributed by atoms with van der Waals surface area (Å²) in [5, 5.41) is 16.8. The second-order valence-corrected chi connectivity index (χ2v) is 2.64. The Kier molecular flexibility index (Phi) is 1.91. The first kappa shape index (κ1) is 7.07. The SMILES string of the molecule is N#CCC1CCC1C(=O)O. The lowest BCUT2D eigenvalue weighted by Crippen LogP contribution is -2.32. The molecule has 0 aromatic heterocycles. The first-order valence-electron chi connectivity index (χ1n) is 3.35. The molecule has 1 aliphatic rings. The number of hydrogen-bond donors (Lipinski definition) is 1. The van der Waals surface area contributed by atoms with Crippen molar-refractivity contribution in [3.05, 3.63) is 0 Å². The summed E-state index contributed by atoms with van der Waals surface area (Å²) in [6.45, 7) is 0. The van der Waals surface area contributed by atoms with Crippen molar-refractivity contribution in [1.82, 2.24) is 0 Å². The molecule has 2 atom stereocenters. The van der Waals surface area contributed by atoms with E-state index >= 15 is 0 Å². The Bertz CT molecular complexity index is 183. The molecule has 0 spiro atoms. The third-order valence-electron chi connectivity index (χ3n) is 2.09. The van der Waals surface area contributed by atoms with Gasteiger partial charge in [0.15, 0.2) is 0 Å². The van der Waals surface area contributed by atoms with Crippen LogP contribution in [0.25, 0.3) is 0 Å². The van der Waals surface area contributed by atoms with Crippen molar-refractivity contribution in [3.8, 4) is 6.07 Å². The van der Waals surface area contributed by atoms with E-state index in [0.29, 0.717) is 6.42 Å². The summed E-state index contributed by atoms with van der Waals surface area (Å²) >= 11 is 0. The highest BCUT2D eigenvalue weighted by atomic mass is 16.4. The zero-order valence-electron chi connectivity index (χ0n) is 5.58. The van der Waals surface area contributed by atoms with Crippen LogP contribution in [0, 0.1) is 23.2 Å². The molecule has 0 bridgehead atoms. The fourth-order valence-electron chi connectivity index (χ4n) is 1.26. The Morgan fingerprint density at radius 3 is 2.70 bits per heavy atom. The molecule has 54 valence electrons. The summed E-state index contributed by atoms with van der Waals surface area (Å²) < 4.78 is 0. The van der Waals surface area contributed by atoms with E-state index in [1.807, 2.05) is 6.07 Å². The molecule has 0 radical (unpaired) electrons. The molecule has 1 fully saturated rings. The second kappa shape index (κ2) is 2.70. The van der Waals surface area contributed by atoms with E-state index in [4.69, 9.17) is 10.4 Å². The third-order valence-corrected chi connectivity index (χ3v) is 2.09. The van der Waals surface area contributed by atoms with Gasteiger partial charge in [-0.1, -0.05) is 0 Å². The zero-order valence-corrected chi connectivity index (χ0v) is 5.58. The largest absolute Gasteiger partial charge is 0.481 e. The minimum absolute atomic E-state index is 0.127. The normalized spacial score (nSPS) is 30.3. The summed E-state index contributed by atoms with van der Waals surface area (Å²) in [6, 6.07) is 1.99. The third kappa shape index (κ3) is 1.10. The van der Waals surface area contributed by atoms with Crippen LogP contribution in [-0.2, 0) is 4.79 Å². The predicted octanol–water partition coefficient (Wildman–Crippen LogP) is 1.01. The van der Waals surface area contributed by atoms with E-state index < -0.39 is 5.97 Å². The number of aliphatic carboxylic acids is 1. The van der Waals surface area contributed by atoms with Gasteiger partial charge in [-0.3, -0.25) is 4.79 Å². The topological polar surface area (TPSA) is 61.1 Å². The highest BCUT2D eigenvalue weighted by Crippen LogP contribution is 2.36. The van der Waals surface area contributed by atoms with Crippen LogP contribution in [0.4, 0.5) is 0 Å². The average molecular weight is 139 g/mol. The maximum Gasteiger partial charge on any atom is 0.306 e. The van der Waals surface area contributed by atoms with E-state index in [9.17, 15) is 4.79 Å². The second-order valence-electron chi connectivity index (χ2n) is 2.64. The molecule has 2 unspecified atom stereocenters. The Morgan fingerprint density at radius 2 is 2.40 bits per heavy atom. The van der Waals surface area contributed by atoms with Gasteiger partial charge in [0.25, 0.3) is 0 Å². The minimum atomic E-state index is -0.744. The lowest BCUT2D eigenvalue weighted by atomic mass is 9.72. The maximum absolute atomic E-state index is 10.4. The van der Waals surface area contributed by atoms with Crippen LogP contribution in [-0.4, -0.2) is 11.1 Å². The lowest BCUT2D eigenvalue weighted by Gasteiger charge is -2.31. The molecule has 1 N–H and O–H groups in total. The van der Waals surface area contributed by atoms with E-state index in [1.54, 1.807) is 0 Å². The standard InChI is InChI=1S/C7H9NO2/c8-4-3-5-1-2-6(5)7(9)10/h5-6H,1-3H2,(H,9,10). The molecular weight excluding hydrogens is 130 g/mol. The van der Waals surface area contributed by atoms with Crippen LogP contribution in [0.15, 0.2) is 0 Å². The van der Waals surface area contributed by atoms with E-state index in [2.05, 4.69) is 0 Å². The fourth-order valence-corrected chi connectivity index (χ4v) is 1.26. The first-order chi connectivity index (χ1) is 4.75. The highest BCUT2D eigenvalue weighted by molar-refractivity contribution is 5.71. The molecule has 0 heterocycles. The first-order valence-corrected chi connectivity index (χ1v) is 3.35. The highest BCUT2D eigenvalue weighted by Gasteiger charge is 2.35. The van der Waals surface area contributed by atoms with E-state index in [1.165, 1.54) is 0 Å². The van der Waals surface area contributed by atoms with Gasteiger partial charge < -0.3 is 5.11 Å². The Labute approximate surface area is 59.3 Å². The van der Waals surface area contributed by atoms with Gasteiger partial charge in [-0.25, -0.2) is 0 Å². The monoisotopic (exact) mass is 139 g/mol. The summed E-state index contributed by atoms with van der Waals surface area (Å²) in [4.78, 5) is 10.4. The molecule has 10 heavy (non-hydrogen) atoms. The van der Waals surface area contributed by atoms with Gasteiger partial charge in [0.2, 0.25) is 0 Å². The number of carboxylic acid groups (broad SMARTS) is 1. The zero-order chi connectivity index (χ0) is 7.56. The van der Waals surface area contributed by atoms with Gasteiger partial charge in [-0.2, -0.15) is 5.26 Å². The average Bonchev–Trinajstić information content (AvgIpc) is 1.78. The predicted molar refractivity (Wildman–Crippen MR) is 34.1 cm³/mol. The van der Waals surface area contributed by atoms with Crippen molar-refractivity contribution >= 4 is 5.97 Å². The van der Waals surface area contributed by atoms with E-state index in [0.717, 1.165) is 12.8 Å². The van der Waals surface area contributed by atoms with Gasteiger partial charge in [0.1, 0.15) is 0 Å². The quantitative estimate of drug-likeness (QED) is 0.621. The van der Waals surface area contributed by atoms with E-state index in [-0.39, 0.29) is 11.8 Å². The molecule has 0 saturated heterocycles. The molecule has 3 nitrogen and oxygen atoms in total. The molecule has 0 aromatic carbocycles. The van der Waals surface area contributed by atoms with Crippen molar-refractivity contribution in [2.75, 3.05) is 0 Å². The molecule has 3 heteroatoms. The van der Waals surface area contributed by atoms with Crippen molar-refractivity contribution in [2.24, 2.45) is 11.8 Å². The van der Waals surface area contributed by atoms with Gasteiger partial charge >= 0.3 is 5.97 Å². The van der Waals surface area contributed by atoms with Crippen LogP contribution in [0.1, 0.15) is 19.3 Å². The minimum Gasteiger partial charge on any atom is -0.481 e. The Morgan fingerprint density at radius 1 is 1.70 bits per heavy atom. The lowest BCUT2D eigenvalue weighted by molar-refractivity contribution is -0.147. The van der Waals surface area contributed by atoms with Crippen molar-refractivity contribution < 1.29 is 9.90 Å². The Balaban J connectivity index is 2.37. The van der Waals surface area contributed by atoms with Crippen molar-refractivity contribution in [2.45, 2.75) is 19.3 Å². The number of nitriles is 1. The van der Waals surface area contributed by atoms with Gasteiger partial charge in [0, 0.05) is 6.42 Å². The van der Waals surface area contributed by atoms with Crippen LogP contribution in [0.5, 0.6) is 0 Å². The number of rotatable bonds is 2. The summed E-state index contributed by atoms with van der Waals surface area (Å²) in [5.41, 5.74) is 0. The van der Waals surface area contributed by atoms with Crippen LogP contribution < -0.4 is 0 Å². The number of nitrogens with zero attached hydrogens (tertiary/aromatic N) is 1. The molecular formula is C7H9NO2. The molecule has 1 saturated carbocycles.